The molecule has 0 radical (unpaired) electrons. The van der Waals surface area contributed by atoms with E-state index >= 15 is 0 Å². The average molecular weight is 405 g/mol. The Morgan fingerprint density at radius 2 is 1.63 bits per heavy atom. The predicted molar refractivity (Wildman–Crippen MR) is 117 cm³/mol. The molecule has 3 aromatic rings. The molecule has 0 bridgehead atoms. The summed E-state index contributed by atoms with van der Waals surface area (Å²) >= 11 is 0. The molecular formula is C25H28N2O3. The molecule has 3 rings (SSSR count). The Morgan fingerprint density at radius 1 is 0.967 bits per heavy atom. The van der Waals surface area contributed by atoms with Crippen LogP contribution in [-0.2, 0) is 17.8 Å². The van der Waals surface area contributed by atoms with Crippen LogP contribution in [0.15, 0.2) is 83.7 Å². The average Bonchev–Trinajstić information content (AvgIpc) is 3.31. The van der Waals surface area contributed by atoms with Crippen LogP contribution in [0.25, 0.3) is 0 Å². The van der Waals surface area contributed by atoms with Crippen LogP contribution in [0.4, 0.5) is 0 Å². The van der Waals surface area contributed by atoms with Crippen LogP contribution in [0.1, 0.15) is 41.3 Å². The second kappa shape index (κ2) is 11.0. The topological polar surface area (TPSA) is 62.6 Å². The Balaban J connectivity index is 1.52. The lowest BCUT2D eigenvalue weighted by molar-refractivity contribution is -0.121. The number of hydrogen-bond acceptors (Lipinski definition) is 3. The first-order chi connectivity index (χ1) is 14.6. The van der Waals surface area contributed by atoms with Crippen LogP contribution in [0.3, 0.4) is 0 Å². The second-order valence-electron chi connectivity index (χ2n) is 7.47. The van der Waals surface area contributed by atoms with E-state index in [2.05, 4.69) is 17.4 Å². The van der Waals surface area contributed by atoms with E-state index in [0.29, 0.717) is 18.7 Å². The summed E-state index contributed by atoms with van der Waals surface area (Å²) in [5, 5.41) is 3.05. The fourth-order valence-corrected chi connectivity index (χ4v) is 3.31. The molecule has 0 saturated heterocycles. The fourth-order valence-electron chi connectivity index (χ4n) is 3.31. The number of aryl methyl sites for hydroxylation is 1. The Hall–Kier alpha value is -3.34. The smallest absolute Gasteiger partial charge is 0.257 e. The SMILES string of the molecule is C[C@@H](CCc1ccccc1)NC(=O)CCN(Cc1ccccc1)C(=O)c1ccoc1. The quantitative estimate of drug-likeness (QED) is 0.543. The van der Waals surface area contributed by atoms with Crippen molar-refractivity contribution in [3.05, 3.63) is 95.9 Å². The van der Waals surface area contributed by atoms with E-state index in [9.17, 15) is 9.59 Å². The molecular weight excluding hydrogens is 376 g/mol. The largest absolute Gasteiger partial charge is 0.472 e. The molecule has 5 heteroatoms. The van der Waals surface area contributed by atoms with Crippen molar-refractivity contribution in [1.29, 1.82) is 0 Å². The van der Waals surface area contributed by atoms with Crippen molar-refractivity contribution in [2.75, 3.05) is 6.54 Å². The summed E-state index contributed by atoms with van der Waals surface area (Å²) in [5.74, 6) is -0.189. The zero-order valence-electron chi connectivity index (χ0n) is 17.3. The third-order valence-electron chi connectivity index (χ3n) is 5.00. The van der Waals surface area contributed by atoms with Crippen molar-refractivity contribution in [2.45, 2.75) is 38.8 Å². The minimum Gasteiger partial charge on any atom is -0.472 e. The Bertz CT molecular complexity index is 908. The summed E-state index contributed by atoms with van der Waals surface area (Å²) in [7, 11) is 0. The molecule has 2 aromatic carbocycles. The van der Waals surface area contributed by atoms with Gasteiger partial charge >= 0.3 is 0 Å². The summed E-state index contributed by atoms with van der Waals surface area (Å²) in [6.07, 6.45) is 4.96. The van der Waals surface area contributed by atoms with Gasteiger partial charge in [-0.15, -0.1) is 0 Å². The van der Waals surface area contributed by atoms with Crippen molar-refractivity contribution in [3.8, 4) is 0 Å². The summed E-state index contributed by atoms with van der Waals surface area (Å²) in [4.78, 5) is 27.0. The first-order valence-corrected chi connectivity index (χ1v) is 10.3. The number of hydrogen-bond donors (Lipinski definition) is 1. The van der Waals surface area contributed by atoms with Gasteiger partial charge in [-0.25, -0.2) is 0 Å². The van der Waals surface area contributed by atoms with Gasteiger partial charge < -0.3 is 14.6 Å². The molecule has 2 amide bonds. The third-order valence-corrected chi connectivity index (χ3v) is 5.00. The molecule has 1 aromatic heterocycles. The number of carbonyl (C=O) groups excluding carboxylic acids is 2. The number of benzene rings is 2. The lowest BCUT2D eigenvalue weighted by Gasteiger charge is -2.23. The molecule has 30 heavy (non-hydrogen) atoms. The van der Waals surface area contributed by atoms with E-state index in [0.717, 1.165) is 18.4 Å². The zero-order chi connectivity index (χ0) is 21.2. The third kappa shape index (κ3) is 6.62. The minimum atomic E-state index is -0.141. The maximum atomic E-state index is 12.8. The highest BCUT2D eigenvalue weighted by Crippen LogP contribution is 2.12. The molecule has 0 aliphatic rings. The van der Waals surface area contributed by atoms with E-state index in [1.54, 1.807) is 11.0 Å². The van der Waals surface area contributed by atoms with Crippen molar-refractivity contribution in [2.24, 2.45) is 0 Å². The standard InChI is InChI=1S/C25H28N2O3/c1-20(12-13-21-8-4-2-5-9-21)26-24(28)14-16-27(18-22-10-6-3-7-11-22)25(29)23-15-17-30-19-23/h2-11,15,17,19-20H,12-14,16,18H2,1H3,(H,26,28)/t20-/m0/s1. The van der Waals surface area contributed by atoms with Gasteiger partial charge in [0.1, 0.15) is 6.26 Å². The van der Waals surface area contributed by atoms with Crippen LogP contribution < -0.4 is 5.32 Å². The van der Waals surface area contributed by atoms with Crippen LogP contribution in [0, 0.1) is 0 Å². The monoisotopic (exact) mass is 404 g/mol. The van der Waals surface area contributed by atoms with Gasteiger partial charge in [0.2, 0.25) is 5.91 Å². The summed E-state index contributed by atoms with van der Waals surface area (Å²) in [6, 6.07) is 21.7. The van der Waals surface area contributed by atoms with E-state index < -0.39 is 0 Å². The van der Waals surface area contributed by atoms with Crippen LogP contribution in [0.2, 0.25) is 0 Å². The van der Waals surface area contributed by atoms with Gasteiger partial charge in [0.25, 0.3) is 5.91 Å². The molecule has 0 unspecified atom stereocenters. The Labute approximate surface area is 177 Å². The van der Waals surface area contributed by atoms with Crippen molar-refractivity contribution >= 4 is 11.8 Å². The van der Waals surface area contributed by atoms with Gasteiger partial charge in [-0.2, -0.15) is 0 Å². The van der Waals surface area contributed by atoms with Crippen LogP contribution >= 0.6 is 0 Å². The van der Waals surface area contributed by atoms with E-state index in [4.69, 9.17) is 4.42 Å². The summed E-state index contributed by atoms with van der Waals surface area (Å²) < 4.78 is 5.05. The number of amides is 2. The van der Waals surface area contributed by atoms with Crippen LogP contribution in [-0.4, -0.2) is 29.3 Å². The van der Waals surface area contributed by atoms with Crippen molar-refractivity contribution < 1.29 is 14.0 Å². The van der Waals surface area contributed by atoms with Crippen molar-refractivity contribution in [3.63, 3.8) is 0 Å². The summed E-state index contributed by atoms with van der Waals surface area (Å²) in [6.45, 7) is 2.80. The first kappa shape index (κ1) is 21.4. The molecule has 0 aliphatic heterocycles. The maximum Gasteiger partial charge on any atom is 0.257 e. The van der Waals surface area contributed by atoms with Gasteiger partial charge in [0.15, 0.2) is 0 Å². The lowest BCUT2D eigenvalue weighted by atomic mass is 10.1. The predicted octanol–water partition coefficient (Wildman–Crippen LogP) is 4.45. The molecule has 0 aliphatic carbocycles. The van der Waals surface area contributed by atoms with Crippen LogP contribution in [0.5, 0.6) is 0 Å². The summed E-state index contributed by atoms with van der Waals surface area (Å²) in [5.41, 5.74) is 2.77. The second-order valence-corrected chi connectivity index (χ2v) is 7.47. The molecule has 1 atom stereocenters. The highest BCUT2D eigenvalue weighted by Gasteiger charge is 2.19. The molecule has 0 fully saturated rings. The minimum absolute atomic E-state index is 0.0476. The highest BCUT2D eigenvalue weighted by atomic mass is 16.3. The fraction of sp³-hybridized carbons (Fsp3) is 0.280. The molecule has 1 N–H and O–H groups in total. The molecule has 1 heterocycles. The highest BCUT2D eigenvalue weighted by molar-refractivity contribution is 5.94. The number of carbonyl (C=O) groups is 2. The van der Waals surface area contributed by atoms with E-state index in [-0.39, 0.29) is 24.3 Å². The number of nitrogens with one attached hydrogen (secondary N) is 1. The Morgan fingerprint density at radius 3 is 2.27 bits per heavy atom. The molecule has 5 nitrogen and oxygen atoms in total. The van der Waals surface area contributed by atoms with Crippen molar-refractivity contribution in [1.82, 2.24) is 10.2 Å². The van der Waals surface area contributed by atoms with E-state index in [1.807, 2.05) is 55.5 Å². The van der Waals surface area contributed by atoms with E-state index in [1.165, 1.54) is 18.1 Å². The molecule has 0 saturated carbocycles. The van der Waals surface area contributed by atoms with Gasteiger partial charge in [-0.1, -0.05) is 60.7 Å². The lowest BCUT2D eigenvalue weighted by Crippen LogP contribution is -2.37. The van der Waals surface area contributed by atoms with Gasteiger partial charge in [0, 0.05) is 25.6 Å². The zero-order valence-corrected chi connectivity index (χ0v) is 17.3. The molecule has 156 valence electrons. The Kier molecular flexibility index (Phi) is 7.84. The van der Waals surface area contributed by atoms with Gasteiger partial charge in [-0.05, 0) is 37.0 Å². The van der Waals surface area contributed by atoms with Gasteiger partial charge in [-0.3, -0.25) is 9.59 Å². The maximum absolute atomic E-state index is 12.8. The normalized spacial score (nSPS) is 11.6. The first-order valence-electron chi connectivity index (χ1n) is 10.3. The number of furan rings is 1. The van der Waals surface area contributed by atoms with Gasteiger partial charge in [0.05, 0.1) is 11.8 Å². The number of nitrogens with zero attached hydrogens (tertiary/aromatic N) is 1. The molecule has 0 spiro atoms. The number of rotatable bonds is 10.